The van der Waals surface area contributed by atoms with Gasteiger partial charge in [-0.05, 0) is 48.7 Å². The van der Waals surface area contributed by atoms with Crippen molar-refractivity contribution in [3.63, 3.8) is 0 Å². The molecule has 0 saturated carbocycles. The first-order valence-electron chi connectivity index (χ1n) is 9.27. The average molecular weight is 401 g/mol. The molecular formula is C21H22F3N5. The number of unbranched alkanes of at least 4 members (excludes halogenated alkanes) is 1. The molecule has 4 N–H and O–H groups in total. The minimum atomic E-state index is -4.43. The number of rotatable bonds is 7. The van der Waals surface area contributed by atoms with Gasteiger partial charge in [0.05, 0.1) is 5.56 Å². The zero-order valence-corrected chi connectivity index (χ0v) is 15.9. The van der Waals surface area contributed by atoms with Crippen molar-refractivity contribution in [1.29, 1.82) is 0 Å². The molecule has 0 spiro atoms. The Balaban J connectivity index is 1.76. The van der Waals surface area contributed by atoms with Gasteiger partial charge in [-0.1, -0.05) is 31.5 Å². The van der Waals surface area contributed by atoms with E-state index >= 15 is 0 Å². The highest BCUT2D eigenvalue weighted by Gasteiger charge is 2.30. The lowest BCUT2D eigenvalue weighted by Crippen LogP contribution is -2.07. The largest absolute Gasteiger partial charge is 0.416 e. The van der Waals surface area contributed by atoms with E-state index in [4.69, 9.17) is 5.73 Å². The predicted octanol–water partition coefficient (Wildman–Crippen LogP) is 5.91. The lowest BCUT2D eigenvalue weighted by Gasteiger charge is -2.14. The van der Waals surface area contributed by atoms with Crippen molar-refractivity contribution in [1.82, 2.24) is 9.97 Å². The second-order valence-corrected chi connectivity index (χ2v) is 6.61. The van der Waals surface area contributed by atoms with E-state index in [2.05, 4.69) is 27.5 Å². The van der Waals surface area contributed by atoms with Crippen LogP contribution in [0.4, 0.5) is 41.9 Å². The van der Waals surface area contributed by atoms with Gasteiger partial charge in [-0.3, -0.25) is 0 Å². The van der Waals surface area contributed by atoms with Crippen LogP contribution in [0.25, 0.3) is 0 Å². The van der Waals surface area contributed by atoms with Crippen molar-refractivity contribution in [2.75, 3.05) is 16.4 Å². The number of hydrogen-bond acceptors (Lipinski definition) is 5. The molecule has 0 radical (unpaired) electrons. The Morgan fingerprint density at radius 1 is 0.931 bits per heavy atom. The maximum absolute atomic E-state index is 12.9. The van der Waals surface area contributed by atoms with Crippen LogP contribution in [-0.2, 0) is 12.6 Å². The van der Waals surface area contributed by atoms with Crippen LogP contribution in [0.3, 0.4) is 0 Å². The van der Waals surface area contributed by atoms with Crippen molar-refractivity contribution in [3.8, 4) is 0 Å². The normalized spacial score (nSPS) is 11.3. The van der Waals surface area contributed by atoms with Gasteiger partial charge in [0, 0.05) is 11.4 Å². The molecule has 0 aliphatic heterocycles. The average Bonchev–Trinajstić information content (AvgIpc) is 2.70. The molecule has 29 heavy (non-hydrogen) atoms. The zero-order valence-electron chi connectivity index (χ0n) is 15.9. The van der Waals surface area contributed by atoms with Crippen LogP contribution in [-0.4, -0.2) is 9.97 Å². The molecule has 0 bridgehead atoms. The number of nitrogen functional groups attached to an aromatic ring is 1. The zero-order chi connectivity index (χ0) is 20.9. The van der Waals surface area contributed by atoms with Gasteiger partial charge in [0.25, 0.3) is 0 Å². The molecule has 0 saturated heterocycles. The van der Waals surface area contributed by atoms with Crippen LogP contribution in [0.1, 0.15) is 30.9 Å². The minimum absolute atomic E-state index is 0.208. The molecule has 2 aromatic carbocycles. The molecule has 0 amide bonds. The Labute approximate surface area is 167 Å². The lowest BCUT2D eigenvalue weighted by molar-refractivity contribution is -0.137. The Bertz CT molecular complexity index is 955. The van der Waals surface area contributed by atoms with Gasteiger partial charge in [0.15, 0.2) is 11.6 Å². The molecule has 0 unspecified atom stereocenters. The third kappa shape index (κ3) is 5.37. The fourth-order valence-corrected chi connectivity index (χ4v) is 2.78. The summed E-state index contributed by atoms with van der Waals surface area (Å²) in [4.78, 5) is 8.18. The molecule has 3 aromatic rings. The predicted molar refractivity (Wildman–Crippen MR) is 110 cm³/mol. The third-order valence-electron chi connectivity index (χ3n) is 4.37. The van der Waals surface area contributed by atoms with Crippen LogP contribution in [0.5, 0.6) is 0 Å². The van der Waals surface area contributed by atoms with E-state index in [1.54, 1.807) is 0 Å². The summed E-state index contributed by atoms with van der Waals surface area (Å²) in [5, 5.41) is 5.95. The van der Waals surface area contributed by atoms with E-state index < -0.39 is 11.7 Å². The van der Waals surface area contributed by atoms with Gasteiger partial charge < -0.3 is 16.4 Å². The number of aromatic nitrogens is 2. The number of halogens is 3. The summed E-state index contributed by atoms with van der Waals surface area (Å²) in [6.45, 7) is 2.15. The number of alkyl halides is 3. The highest BCUT2D eigenvalue weighted by molar-refractivity contribution is 5.80. The SMILES string of the molecule is CCCCc1ccc(Nc2ncnc(Nc3cccc(C(F)(F)F)c3)c2N)cc1. The topological polar surface area (TPSA) is 75.9 Å². The second-order valence-electron chi connectivity index (χ2n) is 6.61. The smallest absolute Gasteiger partial charge is 0.393 e. The number of anilines is 5. The maximum atomic E-state index is 12.9. The fourth-order valence-electron chi connectivity index (χ4n) is 2.78. The van der Waals surface area contributed by atoms with Gasteiger partial charge in [0.1, 0.15) is 12.0 Å². The van der Waals surface area contributed by atoms with Crippen LogP contribution >= 0.6 is 0 Å². The Kier molecular flexibility index (Phi) is 6.21. The van der Waals surface area contributed by atoms with Crippen molar-refractivity contribution < 1.29 is 13.2 Å². The van der Waals surface area contributed by atoms with Crippen molar-refractivity contribution >= 4 is 28.7 Å². The van der Waals surface area contributed by atoms with Crippen LogP contribution in [0.15, 0.2) is 54.9 Å². The van der Waals surface area contributed by atoms with Crippen LogP contribution in [0.2, 0.25) is 0 Å². The fraction of sp³-hybridized carbons (Fsp3) is 0.238. The minimum Gasteiger partial charge on any atom is -0.393 e. The molecule has 8 heteroatoms. The molecule has 1 heterocycles. The molecule has 0 atom stereocenters. The van der Waals surface area contributed by atoms with E-state index in [0.29, 0.717) is 5.82 Å². The van der Waals surface area contributed by atoms with E-state index in [1.807, 2.05) is 24.3 Å². The first kappa shape index (κ1) is 20.4. The molecule has 1 aromatic heterocycles. The van der Waals surface area contributed by atoms with Gasteiger partial charge in [-0.25, -0.2) is 9.97 Å². The Hall–Kier alpha value is -3.29. The van der Waals surface area contributed by atoms with Gasteiger partial charge in [-0.15, -0.1) is 0 Å². The summed E-state index contributed by atoms with van der Waals surface area (Å²) in [5.74, 6) is 0.595. The molecule has 0 aliphatic carbocycles. The summed E-state index contributed by atoms with van der Waals surface area (Å²) in [7, 11) is 0. The standard InChI is InChI=1S/C21H22F3N5/c1-2-3-5-14-8-10-16(11-9-14)28-19-18(25)20(27-13-26-19)29-17-7-4-6-15(12-17)21(22,23)24/h4,6-13H,2-3,5,25H2,1H3,(H2,26,27,28,29). The summed E-state index contributed by atoms with van der Waals surface area (Å²) in [6, 6.07) is 12.8. The third-order valence-corrected chi connectivity index (χ3v) is 4.37. The van der Waals surface area contributed by atoms with E-state index in [-0.39, 0.29) is 17.2 Å². The summed E-state index contributed by atoms with van der Waals surface area (Å²) in [5.41, 5.74) is 7.87. The highest BCUT2D eigenvalue weighted by atomic mass is 19.4. The number of hydrogen-bond donors (Lipinski definition) is 3. The van der Waals surface area contributed by atoms with Crippen molar-refractivity contribution in [2.24, 2.45) is 0 Å². The molecule has 3 rings (SSSR count). The number of benzene rings is 2. The lowest BCUT2D eigenvalue weighted by atomic mass is 10.1. The van der Waals surface area contributed by atoms with Crippen LogP contribution in [0, 0.1) is 0 Å². The maximum Gasteiger partial charge on any atom is 0.416 e. The molecule has 152 valence electrons. The van der Waals surface area contributed by atoms with Crippen molar-refractivity contribution in [2.45, 2.75) is 32.4 Å². The molecule has 5 nitrogen and oxygen atoms in total. The quantitative estimate of drug-likeness (QED) is 0.459. The first-order chi connectivity index (χ1) is 13.9. The number of nitrogens with two attached hydrogens (primary N) is 1. The first-order valence-corrected chi connectivity index (χ1v) is 9.27. The van der Waals surface area contributed by atoms with E-state index in [1.165, 1.54) is 24.0 Å². The summed E-state index contributed by atoms with van der Waals surface area (Å²) in [6.07, 6.45) is 0.169. The summed E-state index contributed by atoms with van der Waals surface area (Å²) < 4.78 is 38.7. The highest BCUT2D eigenvalue weighted by Crippen LogP contribution is 2.33. The van der Waals surface area contributed by atoms with Gasteiger partial charge >= 0.3 is 6.18 Å². The van der Waals surface area contributed by atoms with Gasteiger partial charge in [-0.2, -0.15) is 13.2 Å². The Morgan fingerprint density at radius 2 is 1.59 bits per heavy atom. The molecule has 0 aliphatic rings. The van der Waals surface area contributed by atoms with Crippen molar-refractivity contribution in [3.05, 3.63) is 66.0 Å². The van der Waals surface area contributed by atoms with E-state index in [9.17, 15) is 13.2 Å². The van der Waals surface area contributed by atoms with Gasteiger partial charge in [0.2, 0.25) is 0 Å². The second kappa shape index (κ2) is 8.81. The summed E-state index contributed by atoms with van der Waals surface area (Å²) >= 11 is 0. The van der Waals surface area contributed by atoms with Crippen LogP contribution < -0.4 is 16.4 Å². The Morgan fingerprint density at radius 3 is 2.21 bits per heavy atom. The van der Waals surface area contributed by atoms with E-state index in [0.717, 1.165) is 37.1 Å². The number of aryl methyl sites for hydroxylation is 1. The molecular weight excluding hydrogens is 379 g/mol. The number of nitrogens with one attached hydrogen (secondary N) is 2. The number of nitrogens with zero attached hydrogens (tertiary/aromatic N) is 2. The molecule has 0 fully saturated rings. The monoisotopic (exact) mass is 401 g/mol.